The third-order valence-electron chi connectivity index (χ3n) is 5.31. The van der Waals surface area contributed by atoms with E-state index in [4.69, 9.17) is 21.1 Å². The van der Waals surface area contributed by atoms with E-state index in [0.717, 1.165) is 6.42 Å². The van der Waals surface area contributed by atoms with Crippen LogP contribution in [0.5, 0.6) is 11.5 Å². The van der Waals surface area contributed by atoms with E-state index < -0.39 is 0 Å². The third kappa shape index (κ3) is 4.63. The number of hydrogen-bond donors (Lipinski definition) is 2. The van der Waals surface area contributed by atoms with Crippen LogP contribution in [0.2, 0.25) is 5.02 Å². The fraction of sp³-hybridized carbons (Fsp3) is 0.650. The molecule has 5 nitrogen and oxygen atoms in total. The van der Waals surface area contributed by atoms with Crippen LogP contribution in [-0.4, -0.2) is 31.7 Å². The van der Waals surface area contributed by atoms with E-state index in [1.54, 1.807) is 12.1 Å². The molecule has 3 rings (SSSR count). The maximum Gasteiger partial charge on any atom is 0.238 e. The fourth-order valence-corrected chi connectivity index (χ4v) is 4.19. The van der Waals surface area contributed by atoms with Crippen molar-refractivity contribution in [3.8, 4) is 11.5 Å². The molecule has 6 heteroatoms. The van der Waals surface area contributed by atoms with Gasteiger partial charge in [0.25, 0.3) is 0 Å². The molecule has 1 fully saturated rings. The first kappa shape index (κ1) is 19.3. The average Bonchev–Trinajstić information content (AvgIpc) is 2.60. The number of benzene rings is 1. The fourth-order valence-electron chi connectivity index (χ4n) is 3.99. The number of nitrogens with one attached hydrogen (secondary N) is 2. The Hall–Kier alpha value is -1.46. The monoisotopic (exact) mass is 380 g/mol. The molecular formula is C20H29ClN2O3. The number of fused-ring (bicyclic) bond motifs is 1. The van der Waals surface area contributed by atoms with Crippen LogP contribution in [0, 0.1) is 11.3 Å². The lowest BCUT2D eigenvalue weighted by atomic mass is 9.69. The van der Waals surface area contributed by atoms with Crippen molar-refractivity contribution in [2.75, 3.05) is 25.1 Å². The zero-order valence-electron chi connectivity index (χ0n) is 15.9. The van der Waals surface area contributed by atoms with Gasteiger partial charge in [-0.25, -0.2) is 0 Å². The van der Waals surface area contributed by atoms with Crippen molar-refractivity contribution in [3.63, 3.8) is 0 Å². The van der Waals surface area contributed by atoms with Gasteiger partial charge in [-0.3, -0.25) is 4.79 Å². The molecule has 0 bridgehead atoms. The maximum atomic E-state index is 12.4. The largest absolute Gasteiger partial charge is 0.486 e. The lowest BCUT2D eigenvalue weighted by molar-refractivity contribution is -0.115. The second kappa shape index (κ2) is 8.05. The van der Waals surface area contributed by atoms with Crippen LogP contribution >= 0.6 is 11.6 Å². The smallest absolute Gasteiger partial charge is 0.238 e. The van der Waals surface area contributed by atoms with Gasteiger partial charge in [0.2, 0.25) is 5.91 Å². The van der Waals surface area contributed by atoms with Crippen LogP contribution < -0.4 is 20.1 Å². The molecule has 2 aliphatic rings. The van der Waals surface area contributed by atoms with E-state index in [9.17, 15) is 4.79 Å². The highest BCUT2D eigenvalue weighted by molar-refractivity contribution is 6.34. The van der Waals surface area contributed by atoms with Gasteiger partial charge in [0.05, 0.1) is 17.3 Å². The molecule has 1 aromatic rings. The SMILES string of the molecule is CC(C)(C)C1CCCCC1NCC(=O)Nc1cc2c(cc1Cl)OCCO2. The highest BCUT2D eigenvalue weighted by Gasteiger charge is 2.34. The number of ether oxygens (including phenoxy) is 2. The predicted molar refractivity (Wildman–Crippen MR) is 104 cm³/mol. The molecule has 1 saturated carbocycles. The molecule has 1 amide bonds. The zero-order valence-corrected chi connectivity index (χ0v) is 16.6. The molecule has 1 heterocycles. The highest BCUT2D eigenvalue weighted by Crippen LogP contribution is 2.39. The summed E-state index contributed by atoms with van der Waals surface area (Å²) in [7, 11) is 0. The van der Waals surface area contributed by atoms with E-state index >= 15 is 0 Å². The maximum absolute atomic E-state index is 12.4. The molecule has 0 radical (unpaired) electrons. The number of hydrogen-bond acceptors (Lipinski definition) is 4. The standard InChI is InChI=1S/C20H29ClN2O3/c1-20(2,3)13-6-4-5-7-15(13)22-12-19(24)23-16-11-18-17(10-14(16)21)25-8-9-26-18/h10-11,13,15,22H,4-9,12H2,1-3H3,(H,23,24). The lowest BCUT2D eigenvalue weighted by Crippen LogP contribution is -2.46. The van der Waals surface area contributed by atoms with E-state index in [1.165, 1.54) is 19.3 Å². The molecule has 26 heavy (non-hydrogen) atoms. The van der Waals surface area contributed by atoms with Crippen molar-refractivity contribution < 1.29 is 14.3 Å². The van der Waals surface area contributed by atoms with Gasteiger partial charge in [0.1, 0.15) is 13.2 Å². The van der Waals surface area contributed by atoms with E-state index in [2.05, 4.69) is 31.4 Å². The molecule has 1 aliphatic carbocycles. The van der Waals surface area contributed by atoms with Crippen molar-refractivity contribution in [2.24, 2.45) is 11.3 Å². The van der Waals surface area contributed by atoms with Crippen molar-refractivity contribution in [2.45, 2.75) is 52.5 Å². The topological polar surface area (TPSA) is 59.6 Å². The summed E-state index contributed by atoms with van der Waals surface area (Å²) in [5.74, 6) is 1.72. The van der Waals surface area contributed by atoms with Crippen LogP contribution in [-0.2, 0) is 4.79 Å². The average molecular weight is 381 g/mol. The lowest BCUT2D eigenvalue weighted by Gasteiger charge is -2.40. The van der Waals surface area contributed by atoms with Crippen LogP contribution in [0.25, 0.3) is 0 Å². The minimum atomic E-state index is -0.0955. The summed E-state index contributed by atoms with van der Waals surface area (Å²) < 4.78 is 11.1. The number of halogens is 1. The number of carbonyl (C=O) groups is 1. The Balaban J connectivity index is 1.59. The van der Waals surface area contributed by atoms with Gasteiger partial charge >= 0.3 is 0 Å². The van der Waals surface area contributed by atoms with Gasteiger partial charge in [-0.05, 0) is 24.2 Å². The van der Waals surface area contributed by atoms with Crippen molar-refractivity contribution in [1.29, 1.82) is 0 Å². The molecule has 144 valence electrons. The van der Waals surface area contributed by atoms with Crippen LogP contribution in [0.1, 0.15) is 46.5 Å². The minimum Gasteiger partial charge on any atom is -0.486 e. The molecule has 0 saturated heterocycles. The summed E-state index contributed by atoms with van der Waals surface area (Å²) in [6, 6.07) is 3.80. The Kier molecular flexibility index (Phi) is 5.98. The number of rotatable bonds is 4. The molecule has 1 aromatic carbocycles. The Labute approximate surface area is 160 Å². The number of amides is 1. The Bertz CT molecular complexity index is 657. The summed E-state index contributed by atoms with van der Waals surface area (Å²) >= 11 is 6.27. The van der Waals surface area contributed by atoms with Gasteiger partial charge in [0, 0.05) is 18.2 Å². The molecular weight excluding hydrogens is 352 g/mol. The Morgan fingerprint density at radius 3 is 2.50 bits per heavy atom. The zero-order chi connectivity index (χ0) is 18.7. The summed E-state index contributed by atoms with van der Waals surface area (Å²) in [5, 5.41) is 6.81. The molecule has 2 N–H and O–H groups in total. The molecule has 2 atom stereocenters. The summed E-state index contributed by atoms with van der Waals surface area (Å²) in [5.41, 5.74) is 0.798. The summed E-state index contributed by atoms with van der Waals surface area (Å²) in [6.45, 7) is 8.14. The summed E-state index contributed by atoms with van der Waals surface area (Å²) in [6.07, 6.45) is 4.84. The number of carbonyl (C=O) groups excluding carboxylic acids is 1. The second-order valence-electron chi connectivity index (χ2n) is 8.27. The summed E-state index contributed by atoms with van der Waals surface area (Å²) in [4.78, 5) is 12.4. The van der Waals surface area contributed by atoms with Gasteiger partial charge < -0.3 is 20.1 Å². The molecule has 1 aliphatic heterocycles. The van der Waals surface area contributed by atoms with Crippen LogP contribution in [0.4, 0.5) is 5.69 Å². The van der Waals surface area contributed by atoms with Gasteiger partial charge in [-0.1, -0.05) is 45.2 Å². The highest BCUT2D eigenvalue weighted by atomic mass is 35.5. The third-order valence-corrected chi connectivity index (χ3v) is 5.62. The Morgan fingerprint density at radius 2 is 1.81 bits per heavy atom. The van der Waals surface area contributed by atoms with E-state index in [1.807, 2.05) is 0 Å². The minimum absolute atomic E-state index is 0.0955. The first-order valence-corrected chi connectivity index (χ1v) is 9.85. The molecule has 2 unspecified atom stereocenters. The van der Waals surface area contributed by atoms with Crippen molar-refractivity contribution in [3.05, 3.63) is 17.2 Å². The Morgan fingerprint density at radius 1 is 1.15 bits per heavy atom. The van der Waals surface area contributed by atoms with Gasteiger partial charge in [0.15, 0.2) is 11.5 Å². The van der Waals surface area contributed by atoms with Crippen LogP contribution in [0.15, 0.2) is 12.1 Å². The van der Waals surface area contributed by atoms with E-state index in [-0.39, 0.29) is 17.9 Å². The molecule has 0 spiro atoms. The van der Waals surface area contributed by atoms with Gasteiger partial charge in [-0.2, -0.15) is 0 Å². The van der Waals surface area contributed by atoms with Crippen molar-refractivity contribution >= 4 is 23.2 Å². The van der Waals surface area contributed by atoms with E-state index in [0.29, 0.717) is 47.4 Å². The number of anilines is 1. The quantitative estimate of drug-likeness (QED) is 0.820. The van der Waals surface area contributed by atoms with Crippen LogP contribution in [0.3, 0.4) is 0 Å². The molecule has 0 aromatic heterocycles. The van der Waals surface area contributed by atoms with Gasteiger partial charge in [-0.15, -0.1) is 0 Å². The first-order chi connectivity index (χ1) is 12.3. The normalized spacial score (nSPS) is 22.8. The predicted octanol–water partition coefficient (Wildman–Crippen LogP) is 4.24. The first-order valence-electron chi connectivity index (χ1n) is 9.47. The van der Waals surface area contributed by atoms with Crippen molar-refractivity contribution in [1.82, 2.24) is 5.32 Å². The second-order valence-corrected chi connectivity index (χ2v) is 8.68.